The van der Waals surface area contributed by atoms with Gasteiger partial charge in [0.1, 0.15) is 0 Å². The first kappa shape index (κ1) is 25.1. The van der Waals surface area contributed by atoms with Crippen LogP contribution < -0.4 is 5.90 Å². The van der Waals surface area contributed by atoms with Crippen LogP contribution in [-0.4, -0.2) is 54.9 Å². The zero-order chi connectivity index (χ0) is 16.1. The molecule has 0 aromatic carbocycles. The van der Waals surface area contributed by atoms with E-state index in [9.17, 15) is 13.5 Å². The van der Waals surface area contributed by atoms with E-state index in [4.69, 9.17) is 0 Å². The Labute approximate surface area is 158 Å². The van der Waals surface area contributed by atoms with Crippen LogP contribution >= 0.6 is 0 Å². The summed E-state index contributed by atoms with van der Waals surface area (Å²) < 4.78 is 26.0. The SMILES string of the molecule is CCCCCCCCCCC(C)C(O)CCS(=O)(=O)ON.[NaH]. The zero-order valence-electron chi connectivity index (χ0n) is 13.6. The zero-order valence-corrected chi connectivity index (χ0v) is 14.4. The van der Waals surface area contributed by atoms with E-state index in [1.54, 1.807) is 0 Å². The molecule has 0 saturated carbocycles. The number of aliphatic hydroxyl groups is 1. The van der Waals surface area contributed by atoms with Crippen LogP contribution in [0.3, 0.4) is 0 Å². The molecule has 0 aliphatic rings. The minimum atomic E-state index is -3.67. The van der Waals surface area contributed by atoms with E-state index in [-0.39, 0.29) is 47.6 Å². The Morgan fingerprint density at radius 2 is 1.50 bits per heavy atom. The summed E-state index contributed by atoms with van der Waals surface area (Å²) in [4.78, 5) is 0. The molecular formula is C15H34NNaO4S. The van der Waals surface area contributed by atoms with Gasteiger partial charge < -0.3 is 5.11 Å². The van der Waals surface area contributed by atoms with Crippen LogP contribution in [0.25, 0.3) is 0 Å². The van der Waals surface area contributed by atoms with Gasteiger partial charge in [0.05, 0.1) is 11.9 Å². The average molecular weight is 347 g/mol. The van der Waals surface area contributed by atoms with Crippen LogP contribution in [0.2, 0.25) is 0 Å². The molecule has 7 heteroatoms. The van der Waals surface area contributed by atoms with Crippen molar-refractivity contribution in [2.45, 2.75) is 84.2 Å². The molecule has 0 aliphatic carbocycles. The van der Waals surface area contributed by atoms with Crippen molar-refractivity contribution in [1.82, 2.24) is 0 Å². The molecule has 0 saturated heterocycles. The van der Waals surface area contributed by atoms with Crippen molar-refractivity contribution in [2.24, 2.45) is 11.8 Å². The summed E-state index contributed by atoms with van der Waals surface area (Å²) in [7, 11) is -3.67. The topological polar surface area (TPSA) is 89.6 Å². The first-order chi connectivity index (χ1) is 9.93. The Kier molecular flexibility index (Phi) is 17.5. The van der Waals surface area contributed by atoms with Gasteiger partial charge in [0.2, 0.25) is 0 Å². The molecule has 22 heavy (non-hydrogen) atoms. The molecule has 5 nitrogen and oxygen atoms in total. The fourth-order valence-corrected chi connectivity index (χ4v) is 3.02. The standard InChI is InChI=1S/C15H33NO4S.Na.H/c1-3-4-5-6-7-8-9-10-11-14(2)15(17)12-13-21(18,19)20-16;;/h14-15,17H,3-13,16H2,1-2H3;;. The summed E-state index contributed by atoms with van der Waals surface area (Å²) in [6, 6.07) is 0. The maximum absolute atomic E-state index is 11.1. The molecule has 0 aliphatic heterocycles. The van der Waals surface area contributed by atoms with Gasteiger partial charge in [-0.05, 0) is 18.8 Å². The predicted octanol–water partition coefficient (Wildman–Crippen LogP) is 2.48. The van der Waals surface area contributed by atoms with Crippen LogP contribution in [0.4, 0.5) is 0 Å². The Hall–Kier alpha value is 0.830. The van der Waals surface area contributed by atoms with Crippen molar-refractivity contribution in [3.8, 4) is 0 Å². The molecule has 0 spiro atoms. The monoisotopic (exact) mass is 347 g/mol. The first-order valence-corrected chi connectivity index (χ1v) is 9.79. The van der Waals surface area contributed by atoms with Crippen molar-refractivity contribution in [3.63, 3.8) is 0 Å². The van der Waals surface area contributed by atoms with Crippen molar-refractivity contribution in [2.75, 3.05) is 5.75 Å². The second kappa shape index (κ2) is 15.4. The van der Waals surface area contributed by atoms with E-state index in [2.05, 4.69) is 17.1 Å². The summed E-state index contributed by atoms with van der Waals surface area (Å²) in [5.74, 6) is 4.54. The minimum absolute atomic E-state index is 0. The molecule has 0 bridgehead atoms. The summed E-state index contributed by atoms with van der Waals surface area (Å²) in [6.45, 7) is 4.18. The van der Waals surface area contributed by atoms with Gasteiger partial charge in [-0.2, -0.15) is 18.6 Å². The third-order valence-electron chi connectivity index (χ3n) is 3.98. The van der Waals surface area contributed by atoms with E-state index in [0.717, 1.165) is 12.8 Å². The van der Waals surface area contributed by atoms with E-state index in [0.29, 0.717) is 0 Å². The van der Waals surface area contributed by atoms with Crippen molar-refractivity contribution >= 4 is 39.7 Å². The molecule has 3 N–H and O–H groups in total. The second-order valence-corrected chi connectivity index (χ2v) is 7.67. The van der Waals surface area contributed by atoms with Crippen LogP contribution in [0.15, 0.2) is 0 Å². The summed E-state index contributed by atoms with van der Waals surface area (Å²) in [5.41, 5.74) is 0. The van der Waals surface area contributed by atoms with E-state index in [1.807, 2.05) is 6.92 Å². The third-order valence-corrected chi connectivity index (χ3v) is 5.01. The van der Waals surface area contributed by atoms with E-state index >= 15 is 0 Å². The molecule has 0 fully saturated rings. The summed E-state index contributed by atoms with van der Waals surface area (Å²) in [6.07, 6.45) is 10.6. The molecule has 0 amide bonds. The predicted molar refractivity (Wildman–Crippen MR) is 93.2 cm³/mol. The van der Waals surface area contributed by atoms with Gasteiger partial charge in [0.25, 0.3) is 10.1 Å². The fraction of sp³-hybridized carbons (Fsp3) is 1.00. The van der Waals surface area contributed by atoms with Crippen LogP contribution in [0, 0.1) is 5.92 Å². The summed E-state index contributed by atoms with van der Waals surface area (Å²) >= 11 is 0. The van der Waals surface area contributed by atoms with Crippen LogP contribution in [0.1, 0.15) is 78.1 Å². The Morgan fingerprint density at radius 1 is 1.00 bits per heavy atom. The maximum atomic E-state index is 11.1. The number of unbranched alkanes of at least 4 members (excludes halogenated alkanes) is 7. The quantitative estimate of drug-likeness (QED) is 0.286. The van der Waals surface area contributed by atoms with Crippen LogP contribution in [-0.2, 0) is 14.4 Å². The van der Waals surface area contributed by atoms with Gasteiger partial charge in [-0.15, -0.1) is 0 Å². The number of hydrogen-bond donors (Lipinski definition) is 2. The molecule has 2 unspecified atom stereocenters. The Balaban J connectivity index is 0. The second-order valence-electron chi connectivity index (χ2n) is 5.95. The van der Waals surface area contributed by atoms with E-state index in [1.165, 1.54) is 44.9 Å². The van der Waals surface area contributed by atoms with Gasteiger partial charge >= 0.3 is 29.6 Å². The fourth-order valence-electron chi connectivity index (χ4n) is 2.39. The average Bonchev–Trinajstić information content (AvgIpc) is 2.47. The molecule has 0 rings (SSSR count). The van der Waals surface area contributed by atoms with Crippen molar-refractivity contribution < 1.29 is 17.8 Å². The molecular weight excluding hydrogens is 313 g/mol. The number of nitrogens with two attached hydrogens (primary N) is 1. The van der Waals surface area contributed by atoms with Gasteiger partial charge in [-0.25, -0.2) is 0 Å². The summed E-state index contributed by atoms with van der Waals surface area (Å²) in [5, 5.41) is 9.92. The molecule has 130 valence electrons. The number of aliphatic hydroxyl groups excluding tert-OH is 1. The van der Waals surface area contributed by atoms with Crippen molar-refractivity contribution in [1.29, 1.82) is 0 Å². The third kappa shape index (κ3) is 14.4. The van der Waals surface area contributed by atoms with Gasteiger partial charge in [0.15, 0.2) is 0 Å². The van der Waals surface area contributed by atoms with Gasteiger partial charge in [0, 0.05) is 0 Å². The molecule has 0 heterocycles. The molecule has 0 radical (unpaired) electrons. The number of hydrogen-bond acceptors (Lipinski definition) is 5. The van der Waals surface area contributed by atoms with Crippen LogP contribution in [0.5, 0.6) is 0 Å². The van der Waals surface area contributed by atoms with Gasteiger partial charge in [-0.1, -0.05) is 65.2 Å². The Morgan fingerprint density at radius 3 is 2.00 bits per heavy atom. The normalized spacial score (nSPS) is 14.4. The first-order valence-electron chi connectivity index (χ1n) is 8.22. The molecule has 0 aromatic rings. The molecule has 0 aromatic heterocycles. The van der Waals surface area contributed by atoms with Crippen molar-refractivity contribution in [3.05, 3.63) is 0 Å². The molecule has 2 atom stereocenters. The Bertz CT molecular complexity index is 338. The van der Waals surface area contributed by atoms with Gasteiger partial charge in [-0.3, -0.25) is 0 Å². The number of rotatable bonds is 14. The van der Waals surface area contributed by atoms with E-state index < -0.39 is 16.2 Å².